The number of imidazole rings is 1. The molecule has 0 saturated carbocycles. The first-order valence-electron chi connectivity index (χ1n) is 8.69. The summed E-state index contributed by atoms with van der Waals surface area (Å²) in [5.74, 6) is 2.50. The van der Waals surface area contributed by atoms with Gasteiger partial charge in [-0.25, -0.2) is 9.98 Å². The highest BCUT2D eigenvalue weighted by atomic mass is 16.5. The number of aliphatic imine (C=N–C) groups is 1. The number of fused-ring (bicyclic) bond motifs is 3. The lowest BCUT2D eigenvalue weighted by atomic mass is 10.1. The second-order valence-corrected chi connectivity index (χ2v) is 6.26. The predicted molar refractivity (Wildman–Crippen MR) is 106 cm³/mol. The number of aromatic nitrogens is 2. The molecule has 2 heterocycles. The van der Waals surface area contributed by atoms with Gasteiger partial charge in [-0.2, -0.15) is 0 Å². The number of ether oxygens (including phenoxy) is 1. The first-order valence-corrected chi connectivity index (χ1v) is 8.69. The molecule has 0 saturated heterocycles. The predicted octanol–water partition coefficient (Wildman–Crippen LogP) is 4.12. The zero-order chi connectivity index (χ0) is 18.2. The maximum Gasteiger partial charge on any atom is 0.212 e. The maximum absolute atomic E-state index is 6.14. The Hall–Kier alpha value is -3.80. The molecule has 4 aromatic rings. The van der Waals surface area contributed by atoms with Crippen molar-refractivity contribution in [3.8, 4) is 11.5 Å². The Labute approximate surface area is 155 Å². The van der Waals surface area contributed by atoms with Gasteiger partial charge in [-0.05, 0) is 30.3 Å². The van der Waals surface area contributed by atoms with Crippen LogP contribution in [-0.2, 0) is 0 Å². The highest BCUT2D eigenvalue weighted by molar-refractivity contribution is 5.94. The molecule has 0 radical (unpaired) electrons. The van der Waals surface area contributed by atoms with E-state index in [1.54, 1.807) is 0 Å². The van der Waals surface area contributed by atoms with Crippen molar-refractivity contribution in [1.29, 1.82) is 0 Å². The molecule has 27 heavy (non-hydrogen) atoms. The van der Waals surface area contributed by atoms with Crippen LogP contribution in [0.15, 0.2) is 83.9 Å². The van der Waals surface area contributed by atoms with Gasteiger partial charge in [-0.3, -0.25) is 9.88 Å². The van der Waals surface area contributed by atoms with E-state index in [1.165, 1.54) is 0 Å². The number of hydrogen-bond donors (Lipinski definition) is 2. The molecule has 3 N–H and O–H groups in total. The summed E-state index contributed by atoms with van der Waals surface area (Å²) in [6, 6.07) is 25.5. The fraction of sp³-hybridized carbons (Fsp3) is 0.0476. The lowest BCUT2D eigenvalue weighted by molar-refractivity contribution is 0.464. The Bertz CT molecular complexity index is 1150. The van der Waals surface area contributed by atoms with Gasteiger partial charge in [0.05, 0.1) is 11.0 Å². The normalized spacial score (nSPS) is 15.7. The third kappa shape index (κ3) is 2.67. The molecule has 0 aliphatic carbocycles. The highest BCUT2D eigenvalue weighted by Gasteiger charge is 2.27. The molecule has 6 nitrogen and oxygen atoms in total. The zero-order valence-electron chi connectivity index (χ0n) is 14.4. The summed E-state index contributed by atoms with van der Waals surface area (Å²) in [7, 11) is 0. The van der Waals surface area contributed by atoms with E-state index in [1.807, 2.05) is 83.4 Å². The SMILES string of the molecule is NC1=N[C@@H](c2ccccc2Oc2ccccc2)n2c(nc3ccccc32)N1. The minimum atomic E-state index is -0.367. The minimum Gasteiger partial charge on any atom is -0.457 e. The molecular weight excluding hydrogens is 338 g/mol. The number of nitrogens with one attached hydrogen (secondary N) is 1. The summed E-state index contributed by atoms with van der Waals surface area (Å²) in [5, 5.41) is 3.06. The quantitative estimate of drug-likeness (QED) is 0.580. The molecule has 132 valence electrons. The molecule has 0 fully saturated rings. The van der Waals surface area contributed by atoms with E-state index in [2.05, 4.69) is 15.3 Å². The van der Waals surface area contributed by atoms with E-state index in [4.69, 9.17) is 10.5 Å². The first kappa shape index (κ1) is 15.5. The van der Waals surface area contributed by atoms with Crippen LogP contribution >= 0.6 is 0 Å². The van der Waals surface area contributed by atoms with Crippen LogP contribution < -0.4 is 15.8 Å². The Morgan fingerprint density at radius 1 is 0.889 bits per heavy atom. The number of hydrogen-bond acceptors (Lipinski definition) is 5. The molecular formula is C21H17N5O. The number of rotatable bonds is 3. The molecule has 5 rings (SSSR count). The number of guanidine groups is 1. The number of anilines is 1. The van der Waals surface area contributed by atoms with Crippen LogP contribution in [0.1, 0.15) is 11.7 Å². The largest absolute Gasteiger partial charge is 0.457 e. The van der Waals surface area contributed by atoms with Crippen LogP contribution in [0.3, 0.4) is 0 Å². The molecule has 1 aliphatic heterocycles. The minimum absolute atomic E-state index is 0.331. The Kier molecular flexibility index (Phi) is 3.53. The van der Waals surface area contributed by atoms with E-state index in [9.17, 15) is 0 Å². The summed E-state index contributed by atoms with van der Waals surface area (Å²) in [5.41, 5.74) is 8.83. The monoisotopic (exact) mass is 355 g/mol. The van der Waals surface area contributed by atoms with Crippen LogP contribution in [-0.4, -0.2) is 15.5 Å². The second-order valence-electron chi connectivity index (χ2n) is 6.26. The molecule has 1 aliphatic rings. The van der Waals surface area contributed by atoms with Crippen molar-refractivity contribution in [3.05, 3.63) is 84.4 Å². The molecule has 0 spiro atoms. The Balaban J connectivity index is 1.66. The van der Waals surface area contributed by atoms with Gasteiger partial charge in [0.15, 0.2) is 12.1 Å². The van der Waals surface area contributed by atoms with Crippen LogP contribution in [0.5, 0.6) is 11.5 Å². The third-order valence-corrected chi connectivity index (χ3v) is 4.51. The van der Waals surface area contributed by atoms with Gasteiger partial charge in [0.1, 0.15) is 11.5 Å². The van der Waals surface area contributed by atoms with E-state index in [0.717, 1.165) is 28.1 Å². The first-order chi connectivity index (χ1) is 13.3. The summed E-state index contributed by atoms with van der Waals surface area (Å²) >= 11 is 0. The zero-order valence-corrected chi connectivity index (χ0v) is 14.4. The molecule has 1 atom stereocenters. The van der Waals surface area contributed by atoms with E-state index < -0.39 is 0 Å². The molecule has 6 heteroatoms. The molecule has 0 unspecified atom stereocenters. The highest BCUT2D eigenvalue weighted by Crippen LogP contribution is 2.37. The molecule has 3 aromatic carbocycles. The van der Waals surface area contributed by atoms with Crippen molar-refractivity contribution in [3.63, 3.8) is 0 Å². The number of nitrogens with zero attached hydrogens (tertiary/aromatic N) is 3. The number of para-hydroxylation sites is 4. The van der Waals surface area contributed by atoms with Crippen molar-refractivity contribution in [2.45, 2.75) is 6.17 Å². The van der Waals surface area contributed by atoms with Gasteiger partial charge in [-0.15, -0.1) is 0 Å². The van der Waals surface area contributed by atoms with Gasteiger partial charge < -0.3 is 10.5 Å². The second kappa shape index (κ2) is 6.17. The lowest BCUT2D eigenvalue weighted by Crippen LogP contribution is -2.31. The fourth-order valence-electron chi connectivity index (χ4n) is 3.33. The Morgan fingerprint density at radius 2 is 1.63 bits per heavy atom. The molecule has 0 amide bonds. The molecule has 0 bridgehead atoms. The summed E-state index contributed by atoms with van der Waals surface area (Å²) in [6.07, 6.45) is -0.367. The average molecular weight is 355 g/mol. The third-order valence-electron chi connectivity index (χ3n) is 4.51. The number of nitrogens with two attached hydrogens (primary N) is 1. The van der Waals surface area contributed by atoms with E-state index in [0.29, 0.717) is 11.9 Å². The number of benzene rings is 3. The van der Waals surface area contributed by atoms with Crippen molar-refractivity contribution in [1.82, 2.24) is 9.55 Å². The van der Waals surface area contributed by atoms with Gasteiger partial charge in [0.2, 0.25) is 5.95 Å². The topological polar surface area (TPSA) is 77.5 Å². The summed E-state index contributed by atoms with van der Waals surface area (Å²) in [4.78, 5) is 9.29. The van der Waals surface area contributed by atoms with Crippen molar-refractivity contribution < 1.29 is 4.74 Å². The van der Waals surface area contributed by atoms with Crippen molar-refractivity contribution in [2.75, 3.05) is 5.32 Å². The fourth-order valence-corrected chi connectivity index (χ4v) is 3.33. The van der Waals surface area contributed by atoms with Gasteiger partial charge in [0.25, 0.3) is 0 Å². The Morgan fingerprint density at radius 3 is 2.52 bits per heavy atom. The van der Waals surface area contributed by atoms with Crippen LogP contribution in [0, 0.1) is 0 Å². The molecule has 1 aromatic heterocycles. The van der Waals surface area contributed by atoms with Crippen LogP contribution in [0.4, 0.5) is 5.95 Å². The van der Waals surface area contributed by atoms with Gasteiger partial charge >= 0.3 is 0 Å². The van der Waals surface area contributed by atoms with Crippen molar-refractivity contribution >= 4 is 22.9 Å². The van der Waals surface area contributed by atoms with E-state index in [-0.39, 0.29) is 6.17 Å². The van der Waals surface area contributed by atoms with Crippen LogP contribution in [0.25, 0.3) is 11.0 Å². The van der Waals surface area contributed by atoms with Crippen LogP contribution in [0.2, 0.25) is 0 Å². The summed E-state index contributed by atoms with van der Waals surface area (Å²) in [6.45, 7) is 0. The van der Waals surface area contributed by atoms with E-state index >= 15 is 0 Å². The van der Waals surface area contributed by atoms with Gasteiger partial charge in [0, 0.05) is 5.56 Å². The van der Waals surface area contributed by atoms with Gasteiger partial charge in [-0.1, -0.05) is 48.5 Å². The van der Waals surface area contributed by atoms with Crippen molar-refractivity contribution in [2.24, 2.45) is 10.7 Å². The lowest BCUT2D eigenvalue weighted by Gasteiger charge is -2.25. The average Bonchev–Trinajstić information content (AvgIpc) is 3.07. The standard InChI is InChI=1S/C21H17N5O/c22-20-24-19(26-17-12-6-5-11-16(17)23-21(26)25-20)15-10-4-7-13-18(15)27-14-8-2-1-3-9-14/h1-13,19H,(H3,22,23,24,25)/t19-/m1/s1. The summed E-state index contributed by atoms with van der Waals surface area (Å²) < 4.78 is 8.18. The smallest absolute Gasteiger partial charge is 0.212 e. The maximum atomic E-state index is 6.14.